The van der Waals surface area contributed by atoms with Crippen LogP contribution in [0.15, 0.2) is 147 Å². The Morgan fingerprint density at radius 2 is 1.64 bits per heavy atom. The van der Waals surface area contributed by atoms with Crippen LogP contribution in [0.3, 0.4) is 0 Å². The van der Waals surface area contributed by atoms with Gasteiger partial charge < -0.3 is 43.4 Å². The highest BCUT2D eigenvalue weighted by Crippen LogP contribution is 2.58. The maximum Gasteiger partial charge on any atom is 0.408 e. The highest BCUT2D eigenvalue weighted by Gasteiger charge is 2.60. The lowest BCUT2D eigenvalue weighted by molar-refractivity contribution is -0.164. The number of halogens is 1. The highest BCUT2D eigenvalue weighted by atomic mass is 79.9. The van der Waals surface area contributed by atoms with E-state index in [1.807, 2.05) is 135 Å². The SMILES string of the molecule is CC(=O)O[C@@H]1Oc2c(Br)cccc2[C@@]12c1cc(ccc1OCc1ccccc1)C[C@H](NC(=O)OCc1ccccc1)C(=O)N[C@@H](C(C)C)c1nc(-c3ncc(-c4c[nH]c5ccccc45)o3)c2o1. The van der Waals surface area contributed by atoms with Gasteiger partial charge in [0, 0.05) is 47.1 Å². The van der Waals surface area contributed by atoms with Crippen molar-refractivity contribution in [2.75, 3.05) is 0 Å². The van der Waals surface area contributed by atoms with Crippen molar-refractivity contribution < 1.29 is 42.2 Å². The predicted octanol–water partition coefficient (Wildman–Crippen LogP) is 10.1. The average molecular weight is 963 g/mol. The lowest BCUT2D eigenvalue weighted by Gasteiger charge is -2.34. The molecule has 14 nitrogen and oxygen atoms in total. The Kier molecular flexibility index (Phi) is 11.6. The van der Waals surface area contributed by atoms with Gasteiger partial charge in [0.1, 0.15) is 36.8 Å². The summed E-state index contributed by atoms with van der Waals surface area (Å²) in [7, 11) is 0. The largest absolute Gasteiger partial charge is 0.489 e. The number of aromatic nitrogens is 3. The van der Waals surface area contributed by atoms with Crippen molar-refractivity contribution in [1.29, 1.82) is 0 Å². The monoisotopic (exact) mass is 961 g/mol. The van der Waals surface area contributed by atoms with Crippen LogP contribution in [0.2, 0.25) is 0 Å². The molecule has 0 saturated heterocycles. The number of carbonyl (C=O) groups is 3. The number of alkyl carbamates (subject to hydrolysis) is 1. The fraction of sp³-hybridized carbons (Fsp3) is 0.212. The van der Waals surface area contributed by atoms with Crippen LogP contribution in [0, 0.1) is 5.92 Å². The number of amides is 2. The van der Waals surface area contributed by atoms with Crippen LogP contribution < -0.4 is 20.1 Å². The number of esters is 1. The zero-order chi connectivity index (χ0) is 46.2. The molecule has 0 saturated carbocycles. The molecule has 8 aromatic rings. The van der Waals surface area contributed by atoms with E-state index in [9.17, 15) is 14.4 Å². The number of benzene rings is 5. The quantitative estimate of drug-likeness (QED) is 0.111. The van der Waals surface area contributed by atoms with E-state index in [0.29, 0.717) is 38.4 Å². The first-order chi connectivity index (χ1) is 32.6. The molecule has 10 rings (SSSR count). The second kappa shape index (κ2) is 18.0. The molecule has 0 unspecified atom stereocenters. The molecule has 5 heterocycles. The Hall–Kier alpha value is -7.65. The summed E-state index contributed by atoms with van der Waals surface area (Å²) in [6.45, 7) is 5.28. The summed E-state index contributed by atoms with van der Waals surface area (Å²) >= 11 is 3.71. The Bertz CT molecular complexity index is 3130. The number of oxazole rings is 2. The van der Waals surface area contributed by atoms with Crippen molar-refractivity contribution in [3.05, 3.63) is 178 Å². The fourth-order valence-corrected chi connectivity index (χ4v) is 9.27. The number of nitrogens with one attached hydrogen (secondary N) is 3. The summed E-state index contributed by atoms with van der Waals surface area (Å²) in [6, 6.07) is 35.8. The zero-order valence-corrected chi connectivity index (χ0v) is 38.2. The molecule has 0 radical (unpaired) electrons. The summed E-state index contributed by atoms with van der Waals surface area (Å²) in [6.07, 6.45) is 1.27. The third-order valence-corrected chi connectivity index (χ3v) is 12.6. The van der Waals surface area contributed by atoms with Crippen molar-refractivity contribution in [1.82, 2.24) is 25.6 Å². The van der Waals surface area contributed by atoms with Gasteiger partial charge in [-0.3, -0.25) is 9.59 Å². The van der Waals surface area contributed by atoms with Crippen LogP contribution in [0.5, 0.6) is 11.5 Å². The summed E-state index contributed by atoms with van der Waals surface area (Å²) in [5.74, 6) is 0.0926. The Labute approximate surface area is 393 Å². The van der Waals surface area contributed by atoms with Gasteiger partial charge in [-0.1, -0.05) is 117 Å². The minimum absolute atomic E-state index is 0.00698. The minimum Gasteiger partial charge on any atom is -0.489 e. The molecule has 2 aliphatic heterocycles. The minimum atomic E-state index is -1.69. The van der Waals surface area contributed by atoms with E-state index in [0.717, 1.165) is 27.6 Å². The second-order valence-electron chi connectivity index (χ2n) is 16.8. The Morgan fingerprint density at radius 1 is 0.896 bits per heavy atom. The lowest BCUT2D eigenvalue weighted by atomic mass is 9.71. The van der Waals surface area contributed by atoms with Crippen LogP contribution in [0.1, 0.15) is 66.3 Å². The molecule has 2 amide bonds. The molecule has 1 spiro atoms. The van der Waals surface area contributed by atoms with Gasteiger partial charge in [0.05, 0.1) is 10.7 Å². The summed E-state index contributed by atoms with van der Waals surface area (Å²) in [5.41, 5.74) is 3.43. The van der Waals surface area contributed by atoms with Crippen molar-refractivity contribution in [2.45, 2.75) is 64.2 Å². The highest BCUT2D eigenvalue weighted by molar-refractivity contribution is 9.10. The Morgan fingerprint density at radius 3 is 2.40 bits per heavy atom. The molecule has 2 aliphatic rings. The number of fused-ring (bicyclic) bond motifs is 9. The summed E-state index contributed by atoms with van der Waals surface area (Å²) < 4.78 is 39.7. The zero-order valence-electron chi connectivity index (χ0n) is 36.6. The van der Waals surface area contributed by atoms with Crippen molar-refractivity contribution in [2.24, 2.45) is 5.92 Å². The summed E-state index contributed by atoms with van der Waals surface area (Å²) in [5, 5.41) is 6.87. The smallest absolute Gasteiger partial charge is 0.408 e. The fourth-order valence-electron chi connectivity index (χ4n) is 8.81. The van der Waals surface area contributed by atoms with Crippen LogP contribution in [-0.4, -0.2) is 45.3 Å². The number of nitrogens with zero attached hydrogens (tertiary/aromatic N) is 2. The van der Waals surface area contributed by atoms with Crippen LogP contribution in [0.4, 0.5) is 4.79 Å². The molecular formula is C52H44BrN5O9. The molecule has 3 aromatic heterocycles. The second-order valence-corrected chi connectivity index (χ2v) is 17.6. The van der Waals surface area contributed by atoms with Gasteiger partial charge >= 0.3 is 12.1 Å². The van der Waals surface area contributed by atoms with Crippen LogP contribution >= 0.6 is 15.9 Å². The number of rotatable bonds is 10. The molecule has 67 heavy (non-hydrogen) atoms. The van der Waals surface area contributed by atoms with E-state index in [-0.39, 0.29) is 48.8 Å². The van der Waals surface area contributed by atoms with Gasteiger partial charge in [0.15, 0.2) is 22.6 Å². The molecule has 4 atom stereocenters. The third kappa shape index (κ3) is 8.20. The molecule has 5 aromatic carbocycles. The van der Waals surface area contributed by atoms with Gasteiger partial charge in [0.2, 0.25) is 17.7 Å². The number of hydrogen-bond acceptors (Lipinski definition) is 11. The molecule has 0 fully saturated rings. The normalized spacial score (nSPS) is 18.6. The van der Waals surface area contributed by atoms with E-state index in [2.05, 4.69) is 31.5 Å². The molecule has 4 bridgehead atoms. The average Bonchev–Trinajstić information content (AvgIpc) is 4.15. The van der Waals surface area contributed by atoms with E-state index < -0.39 is 41.8 Å². The predicted molar refractivity (Wildman–Crippen MR) is 250 cm³/mol. The van der Waals surface area contributed by atoms with E-state index in [1.54, 1.807) is 12.3 Å². The molecule has 338 valence electrons. The van der Waals surface area contributed by atoms with Gasteiger partial charge in [-0.05, 0) is 56.7 Å². The number of H-pyrrole nitrogens is 1. The van der Waals surface area contributed by atoms with E-state index >= 15 is 0 Å². The van der Waals surface area contributed by atoms with E-state index in [4.69, 9.17) is 37.7 Å². The van der Waals surface area contributed by atoms with Gasteiger partial charge in [-0.15, -0.1) is 0 Å². The first-order valence-electron chi connectivity index (χ1n) is 21.8. The number of aromatic amines is 1. The number of para-hydroxylation sites is 2. The van der Waals surface area contributed by atoms with Crippen molar-refractivity contribution in [3.8, 4) is 34.4 Å². The lowest BCUT2D eigenvalue weighted by Crippen LogP contribution is -2.50. The number of carbonyl (C=O) groups excluding carboxylic acids is 3. The topological polar surface area (TPSA) is 180 Å². The first kappa shape index (κ1) is 43.3. The molecular weight excluding hydrogens is 919 g/mol. The van der Waals surface area contributed by atoms with Crippen LogP contribution in [-0.2, 0) is 44.1 Å². The van der Waals surface area contributed by atoms with Crippen molar-refractivity contribution in [3.63, 3.8) is 0 Å². The maximum atomic E-state index is 14.6. The van der Waals surface area contributed by atoms with E-state index in [1.165, 1.54) is 6.92 Å². The van der Waals surface area contributed by atoms with Gasteiger partial charge in [0.25, 0.3) is 6.29 Å². The first-order valence-corrected chi connectivity index (χ1v) is 22.6. The van der Waals surface area contributed by atoms with Gasteiger partial charge in [-0.2, -0.15) is 0 Å². The molecule has 15 heteroatoms. The molecule has 0 aliphatic carbocycles. The third-order valence-electron chi connectivity index (χ3n) is 12.0. The molecule has 3 N–H and O–H groups in total. The number of ether oxygens (including phenoxy) is 4. The van der Waals surface area contributed by atoms with Gasteiger partial charge in [-0.25, -0.2) is 14.8 Å². The summed E-state index contributed by atoms with van der Waals surface area (Å²) in [4.78, 5) is 54.8. The van der Waals surface area contributed by atoms with Crippen LogP contribution in [0.25, 0.3) is 33.8 Å². The maximum absolute atomic E-state index is 14.6. The van der Waals surface area contributed by atoms with Crippen molar-refractivity contribution >= 4 is 44.8 Å². The Balaban J connectivity index is 1.21. The standard InChI is InChI=1S/C52H44BrN5O9/c1-29(2)43-49-58-44(48-55-26-42(65-48)35-25-54-39-20-11-10-17-34(35)39)46(67-49)52(36-18-12-19-38(53)45(36)66-50(52)64-30(3)59)37-23-33(21-22-41(37)62-27-31-13-6-4-7-14-31)24-40(47(60)57-43)56-51(61)63-28-32-15-8-5-9-16-32/h4-23,25-26,29,40,43,50,54H,24,27-28H2,1-3H3,(H,56,61)(H,57,60)/t40-,43-,50+,52-/m0/s1. The number of hydrogen-bond donors (Lipinski definition) is 3.